The Hall–Kier alpha value is -5.19. The molecule has 0 atom stereocenters. The predicted molar refractivity (Wildman–Crippen MR) is 175 cm³/mol. The number of para-hydroxylation sites is 1. The lowest BCUT2D eigenvalue weighted by Crippen LogP contribution is -2.74. The van der Waals surface area contributed by atoms with Crippen LogP contribution in [0.4, 0.5) is 0 Å². The van der Waals surface area contributed by atoms with E-state index in [9.17, 15) is 0 Å². The summed E-state index contributed by atoms with van der Waals surface area (Å²) in [7, 11) is -2.55. The van der Waals surface area contributed by atoms with E-state index in [1.165, 1.54) is 20.7 Å². The van der Waals surface area contributed by atoms with Crippen LogP contribution in [0.1, 0.15) is 5.82 Å². The number of benzene rings is 6. The molecule has 0 spiro atoms. The Balaban J connectivity index is 1.27. The largest absolute Gasteiger partial charge is 0.453 e. The van der Waals surface area contributed by atoms with Crippen LogP contribution in [0.15, 0.2) is 152 Å². The van der Waals surface area contributed by atoms with Gasteiger partial charge in [0.2, 0.25) is 0 Å². The summed E-state index contributed by atoms with van der Waals surface area (Å²) in [6, 6.07) is 54.9. The van der Waals surface area contributed by atoms with Crippen molar-refractivity contribution < 1.29 is 4.74 Å². The highest BCUT2D eigenvalue weighted by atomic mass is 28.3. The Bertz CT molecular complexity index is 1950. The van der Waals surface area contributed by atoms with Crippen molar-refractivity contribution in [2.45, 2.75) is 6.92 Å². The van der Waals surface area contributed by atoms with Gasteiger partial charge in [-0.05, 0) is 63.1 Å². The van der Waals surface area contributed by atoms with Crippen molar-refractivity contribution in [1.82, 2.24) is 9.55 Å². The van der Waals surface area contributed by atoms with Crippen molar-refractivity contribution in [3.8, 4) is 28.3 Å². The predicted octanol–water partition coefficient (Wildman–Crippen LogP) is 6.48. The maximum atomic E-state index is 6.42. The summed E-state index contributed by atoms with van der Waals surface area (Å²) in [5, 5.41) is 5.48. The number of ether oxygens (including phenoxy) is 1. The van der Waals surface area contributed by atoms with Gasteiger partial charge in [-0.3, -0.25) is 4.57 Å². The molecule has 1 aliphatic heterocycles. The van der Waals surface area contributed by atoms with Crippen molar-refractivity contribution in [3.05, 3.63) is 157 Å². The number of fused-ring (bicyclic) bond motifs is 2. The molecule has 0 aliphatic carbocycles. The second-order valence-electron chi connectivity index (χ2n) is 10.8. The van der Waals surface area contributed by atoms with Gasteiger partial charge >= 0.3 is 0 Å². The summed E-state index contributed by atoms with van der Waals surface area (Å²) in [6.45, 7) is 2.05. The number of imidazole rings is 1. The first-order valence-electron chi connectivity index (χ1n) is 14.3. The molecule has 0 radical (unpaired) electrons. The summed E-state index contributed by atoms with van der Waals surface area (Å²) < 4.78 is 8.63. The lowest BCUT2D eigenvalue weighted by Gasteiger charge is -2.34. The third-order valence-corrected chi connectivity index (χ3v) is 13.3. The molecule has 200 valence electrons. The van der Waals surface area contributed by atoms with Gasteiger partial charge < -0.3 is 4.74 Å². The van der Waals surface area contributed by atoms with Crippen molar-refractivity contribution in [1.29, 1.82) is 0 Å². The average Bonchev–Trinajstić information content (AvgIpc) is 3.40. The minimum atomic E-state index is -2.55. The molecule has 0 saturated carbocycles. The fourth-order valence-corrected chi connectivity index (χ4v) is 11.4. The van der Waals surface area contributed by atoms with E-state index in [1.54, 1.807) is 0 Å². The topological polar surface area (TPSA) is 27.1 Å². The van der Waals surface area contributed by atoms with Crippen molar-refractivity contribution in [3.63, 3.8) is 0 Å². The van der Waals surface area contributed by atoms with E-state index in [2.05, 4.69) is 138 Å². The van der Waals surface area contributed by atoms with Crippen LogP contribution in [-0.2, 0) is 0 Å². The van der Waals surface area contributed by atoms with Crippen molar-refractivity contribution in [2.24, 2.45) is 0 Å². The Morgan fingerprint density at radius 1 is 0.524 bits per heavy atom. The van der Waals surface area contributed by atoms with E-state index in [1.807, 2.05) is 25.1 Å². The van der Waals surface area contributed by atoms with Crippen LogP contribution in [0.5, 0.6) is 11.5 Å². The molecular weight excluding hydrogens is 529 g/mol. The molecular formula is C38H28N2OSi. The molecule has 0 saturated heterocycles. The first-order valence-corrected chi connectivity index (χ1v) is 16.3. The fourth-order valence-electron chi connectivity index (χ4n) is 6.64. The summed E-state index contributed by atoms with van der Waals surface area (Å²) in [5.41, 5.74) is 5.30. The number of rotatable bonds is 5. The normalized spacial score (nSPS) is 12.1. The third kappa shape index (κ3) is 3.69. The molecule has 1 aromatic heterocycles. The third-order valence-electron chi connectivity index (χ3n) is 8.50. The zero-order valence-electron chi connectivity index (χ0n) is 23.2. The monoisotopic (exact) mass is 556 g/mol. The first-order chi connectivity index (χ1) is 20.7. The molecule has 0 amide bonds. The molecule has 8 rings (SSSR count). The summed E-state index contributed by atoms with van der Waals surface area (Å²) in [4.78, 5) is 4.76. The minimum absolute atomic E-state index is 0.845. The number of hydrogen-bond acceptors (Lipinski definition) is 2. The number of aryl methyl sites for hydroxylation is 1. The fraction of sp³-hybridized carbons (Fsp3) is 0.0263. The molecule has 0 unspecified atom stereocenters. The summed E-state index contributed by atoms with van der Waals surface area (Å²) >= 11 is 0. The molecule has 0 fully saturated rings. The van der Waals surface area contributed by atoms with Crippen molar-refractivity contribution in [2.75, 3.05) is 0 Å². The molecule has 0 bridgehead atoms. The van der Waals surface area contributed by atoms with Crippen LogP contribution in [0, 0.1) is 6.92 Å². The molecule has 42 heavy (non-hydrogen) atoms. The Morgan fingerprint density at radius 2 is 1.07 bits per heavy atom. The average molecular weight is 557 g/mol. The van der Waals surface area contributed by atoms with Gasteiger partial charge in [-0.25, -0.2) is 4.98 Å². The van der Waals surface area contributed by atoms with Crippen LogP contribution >= 0.6 is 0 Å². The van der Waals surface area contributed by atoms with E-state index in [-0.39, 0.29) is 0 Å². The van der Waals surface area contributed by atoms with Gasteiger partial charge in [-0.1, -0.05) is 127 Å². The molecule has 4 heteroatoms. The van der Waals surface area contributed by atoms with E-state index in [4.69, 9.17) is 9.72 Å². The zero-order valence-corrected chi connectivity index (χ0v) is 24.2. The quantitative estimate of drug-likeness (QED) is 0.179. The van der Waals surface area contributed by atoms with E-state index in [0.29, 0.717) is 0 Å². The van der Waals surface area contributed by atoms with Gasteiger partial charge in [0, 0.05) is 0 Å². The second kappa shape index (κ2) is 9.72. The second-order valence-corrected chi connectivity index (χ2v) is 14.6. The standard InChI is InChI=1S/C38H28N2OSi/c1-27-39-34-18-11-19-36-38(34)40(27)35-25-22-29(26-37(35)41-36)28-20-23-33(24-21-28)42(30-12-5-2-6-13-30,31-14-7-3-8-15-31)32-16-9-4-10-17-32/h2-26H,1H3. The maximum absolute atomic E-state index is 6.42. The zero-order chi connectivity index (χ0) is 28.1. The Labute approximate surface area is 246 Å². The highest BCUT2D eigenvalue weighted by Crippen LogP contribution is 2.42. The van der Waals surface area contributed by atoms with E-state index in [0.717, 1.165) is 45.2 Å². The van der Waals surface area contributed by atoms with Crippen LogP contribution in [-0.4, -0.2) is 17.6 Å². The van der Waals surface area contributed by atoms with Gasteiger partial charge in [-0.15, -0.1) is 0 Å². The molecule has 7 aromatic rings. The Morgan fingerprint density at radius 3 is 1.67 bits per heavy atom. The molecule has 6 aromatic carbocycles. The van der Waals surface area contributed by atoms with Gasteiger partial charge in [0.05, 0.1) is 11.2 Å². The maximum Gasteiger partial charge on any atom is 0.179 e. The minimum Gasteiger partial charge on any atom is -0.453 e. The molecule has 1 aliphatic rings. The molecule has 2 heterocycles. The molecule has 0 N–H and O–H groups in total. The van der Waals surface area contributed by atoms with Crippen molar-refractivity contribution >= 4 is 39.9 Å². The lowest BCUT2D eigenvalue weighted by atomic mass is 10.0. The van der Waals surface area contributed by atoms with Crippen LogP contribution in [0.2, 0.25) is 0 Å². The number of hydrogen-bond donors (Lipinski definition) is 0. The molecule has 3 nitrogen and oxygen atoms in total. The van der Waals surface area contributed by atoms with Gasteiger partial charge in [-0.2, -0.15) is 0 Å². The van der Waals surface area contributed by atoms with Crippen LogP contribution in [0.3, 0.4) is 0 Å². The van der Waals surface area contributed by atoms with Gasteiger partial charge in [0.15, 0.2) is 19.6 Å². The highest BCUT2D eigenvalue weighted by molar-refractivity contribution is 7.19. The van der Waals surface area contributed by atoms with Gasteiger partial charge in [0.1, 0.15) is 11.3 Å². The van der Waals surface area contributed by atoms with Crippen LogP contribution in [0.25, 0.3) is 27.8 Å². The Kier molecular flexibility index (Phi) is 5.69. The van der Waals surface area contributed by atoms with Gasteiger partial charge in [0.25, 0.3) is 0 Å². The number of nitrogens with zero attached hydrogens (tertiary/aromatic N) is 2. The number of aromatic nitrogens is 2. The lowest BCUT2D eigenvalue weighted by molar-refractivity contribution is 0.475. The first kappa shape index (κ1) is 24.6. The summed E-state index contributed by atoms with van der Waals surface area (Å²) in [5.74, 6) is 2.65. The van der Waals surface area contributed by atoms with Crippen LogP contribution < -0.4 is 25.5 Å². The van der Waals surface area contributed by atoms with E-state index >= 15 is 0 Å². The van der Waals surface area contributed by atoms with E-state index < -0.39 is 8.07 Å². The summed E-state index contributed by atoms with van der Waals surface area (Å²) in [6.07, 6.45) is 0. The smallest absolute Gasteiger partial charge is 0.179 e. The highest BCUT2D eigenvalue weighted by Gasteiger charge is 2.41. The SMILES string of the molecule is Cc1nc2cccc3c2n1-c1ccc(-c2ccc([Si](c4ccccc4)(c4ccccc4)c4ccccc4)cc2)cc1O3.